The maximum absolute atomic E-state index is 11.5. The summed E-state index contributed by atoms with van der Waals surface area (Å²) in [5.41, 5.74) is 2.49. The van der Waals surface area contributed by atoms with Crippen molar-refractivity contribution < 1.29 is 8.42 Å². The SMILES string of the molecule is CC(C)c1ccc(CNCCS(=O)(=O)N(C)C)cc1. The lowest BCUT2D eigenvalue weighted by molar-refractivity contribution is 0.517. The molecule has 0 atom stereocenters. The molecule has 0 heterocycles. The van der Waals surface area contributed by atoms with Crippen molar-refractivity contribution >= 4 is 10.0 Å². The Hall–Kier alpha value is -0.910. The molecule has 0 aliphatic rings. The van der Waals surface area contributed by atoms with Gasteiger partial charge in [0.1, 0.15) is 0 Å². The first-order chi connectivity index (χ1) is 8.83. The summed E-state index contributed by atoms with van der Waals surface area (Å²) in [5, 5.41) is 3.16. The number of hydrogen-bond donors (Lipinski definition) is 1. The molecule has 4 nitrogen and oxygen atoms in total. The summed E-state index contributed by atoms with van der Waals surface area (Å²) in [6, 6.07) is 8.42. The van der Waals surface area contributed by atoms with Crippen LogP contribution in [0.1, 0.15) is 30.9 Å². The van der Waals surface area contributed by atoms with Gasteiger partial charge in [0, 0.05) is 27.2 Å². The minimum atomic E-state index is -3.10. The first-order valence-electron chi connectivity index (χ1n) is 6.52. The smallest absolute Gasteiger partial charge is 0.214 e. The van der Waals surface area contributed by atoms with Crippen molar-refractivity contribution in [2.75, 3.05) is 26.4 Å². The van der Waals surface area contributed by atoms with Crippen LogP contribution in [-0.4, -0.2) is 39.1 Å². The molecule has 0 bridgehead atoms. The van der Waals surface area contributed by atoms with Crippen LogP contribution in [0.15, 0.2) is 24.3 Å². The number of nitrogens with one attached hydrogen (secondary N) is 1. The average Bonchev–Trinajstić information content (AvgIpc) is 2.35. The molecule has 0 unspecified atom stereocenters. The Morgan fingerprint density at radius 3 is 2.21 bits per heavy atom. The molecule has 5 heteroatoms. The maximum atomic E-state index is 11.5. The van der Waals surface area contributed by atoms with Crippen molar-refractivity contribution in [3.8, 4) is 0 Å². The molecule has 0 aliphatic heterocycles. The van der Waals surface area contributed by atoms with Gasteiger partial charge in [0.15, 0.2) is 0 Å². The highest BCUT2D eigenvalue weighted by Gasteiger charge is 2.12. The molecule has 0 aliphatic carbocycles. The van der Waals surface area contributed by atoms with Crippen LogP contribution >= 0.6 is 0 Å². The molecular weight excluding hydrogens is 260 g/mol. The zero-order valence-corrected chi connectivity index (χ0v) is 13.0. The van der Waals surface area contributed by atoms with E-state index in [1.54, 1.807) is 14.1 Å². The van der Waals surface area contributed by atoms with E-state index >= 15 is 0 Å². The topological polar surface area (TPSA) is 49.4 Å². The van der Waals surface area contributed by atoms with Gasteiger partial charge in [0.25, 0.3) is 0 Å². The van der Waals surface area contributed by atoms with Crippen LogP contribution < -0.4 is 5.32 Å². The largest absolute Gasteiger partial charge is 0.312 e. The van der Waals surface area contributed by atoms with Crippen molar-refractivity contribution in [3.05, 3.63) is 35.4 Å². The fourth-order valence-electron chi connectivity index (χ4n) is 1.64. The fourth-order valence-corrected chi connectivity index (χ4v) is 2.40. The van der Waals surface area contributed by atoms with Gasteiger partial charge in [-0.1, -0.05) is 38.1 Å². The molecule has 0 amide bonds. The first kappa shape index (κ1) is 16.1. The van der Waals surface area contributed by atoms with Crippen molar-refractivity contribution in [3.63, 3.8) is 0 Å². The third-order valence-electron chi connectivity index (χ3n) is 3.07. The second-order valence-corrected chi connectivity index (χ2v) is 7.47. The molecule has 1 rings (SSSR count). The number of nitrogens with zero attached hydrogens (tertiary/aromatic N) is 1. The molecule has 1 aromatic rings. The van der Waals surface area contributed by atoms with Gasteiger partial charge in [-0.3, -0.25) is 0 Å². The summed E-state index contributed by atoms with van der Waals surface area (Å²) < 4.78 is 24.4. The summed E-state index contributed by atoms with van der Waals surface area (Å²) in [6.45, 7) is 5.49. The number of rotatable bonds is 7. The van der Waals surface area contributed by atoms with Gasteiger partial charge in [0.2, 0.25) is 10.0 Å². The van der Waals surface area contributed by atoms with E-state index in [9.17, 15) is 8.42 Å². The normalized spacial score (nSPS) is 12.3. The van der Waals surface area contributed by atoms with Gasteiger partial charge in [0.05, 0.1) is 5.75 Å². The van der Waals surface area contributed by atoms with Crippen LogP contribution in [0, 0.1) is 0 Å². The highest BCUT2D eigenvalue weighted by molar-refractivity contribution is 7.89. The zero-order chi connectivity index (χ0) is 14.5. The van der Waals surface area contributed by atoms with Gasteiger partial charge >= 0.3 is 0 Å². The third-order valence-corrected chi connectivity index (χ3v) is 4.90. The van der Waals surface area contributed by atoms with Crippen molar-refractivity contribution in [1.82, 2.24) is 9.62 Å². The van der Waals surface area contributed by atoms with E-state index in [-0.39, 0.29) is 5.75 Å². The molecule has 0 aromatic heterocycles. The fraction of sp³-hybridized carbons (Fsp3) is 0.571. The molecule has 0 spiro atoms. The molecule has 108 valence electrons. The Morgan fingerprint density at radius 2 is 1.74 bits per heavy atom. The lowest BCUT2D eigenvalue weighted by atomic mass is 10.0. The molecule has 1 N–H and O–H groups in total. The number of benzene rings is 1. The summed E-state index contributed by atoms with van der Waals surface area (Å²) >= 11 is 0. The van der Waals surface area contributed by atoms with E-state index in [0.717, 1.165) is 0 Å². The van der Waals surface area contributed by atoms with E-state index in [2.05, 4.69) is 43.4 Å². The number of hydrogen-bond acceptors (Lipinski definition) is 3. The monoisotopic (exact) mass is 284 g/mol. The predicted octanol–water partition coefficient (Wildman–Crippen LogP) is 1.79. The maximum Gasteiger partial charge on any atom is 0.214 e. The van der Waals surface area contributed by atoms with Gasteiger partial charge in [-0.15, -0.1) is 0 Å². The summed E-state index contributed by atoms with van der Waals surface area (Å²) in [5.74, 6) is 0.664. The van der Waals surface area contributed by atoms with Crippen LogP contribution in [-0.2, 0) is 16.6 Å². The Kier molecular flexibility index (Phi) is 5.97. The standard InChI is InChI=1S/C14H24N2O2S/c1-12(2)14-7-5-13(6-8-14)11-15-9-10-19(17,18)16(3)4/h5-8,12,15H,9-11H2,1-4H3. The molecule has 1 aromatic carbocycles. The molecule has 0 saturated heterocycles. The van der Waals surface area contributed by atoms with Crippen LogP contribution in [0.25, 0.3) is 0 Å². The van der Waals surface area contributed by atoms with E-state index in [0.29, 0.717) is 19.0 Å². The second kappa shape index (κ2) is 7.03. The quantitative estimate of drug-likeness (QED) is 0.777. The highest BCUT2D eigenvalue weighted by Crippen LogP contribution is 2.14. The van der Waals surface area contributed by atoms with Crippen molar-refractivity contribution in [2.45, 2.75) is 26.3 Å². The van der Waals surface area contributed by atoms with E-state index in [4.69, 9.17) is 0 Å². The van der Waals surface area contributed by atoms with E-state index < -0.39 is 10.0 Å². The minimum Gasteiger partial charge on any atom is -0.312 e. The third kappa shape index (κ3) is 5.30. The zero-order valence-electron chi connectivity index (χ0n) is 12.2. The van der Waals surface area contributed by atoms with Crippen LogP contribution in [0.2, 0.25) is 0 Å². The first-order valence-corrected chi connectivity index (χ1v) is 8.13. The average molecular weight is 284 g/mol. The molecule has 19 heavy (non-hydrogen) atoms. The summed E-state index contributed by atoms with van der Waals surface area (Å²) in [4.78, 5) is 0. The van der Waals surface area contributed by atoms with Gasteiger partial charge < -0.3 is 5.32 Å². The predicted molar refractivity (Wildman–Crippen MR) is 79.7 cm³/mol. The second-order valence-electron chi connectivity index (χ2n) is 5.17. The van der Waals surface area contributed by atoms with Crippen LogP contribution in [0.3, 0.4) is 0 Å². The van der Waals surface area contributed by atoms with Gasteiger partial charge in [-0.25, -0.2) is 12.7 Å². The summed E-state index contributed by atoms with van der Waals surface area (Å²) in [6.07, 6.45) is 0. The Labute approximate surface area is 116 Å². The molecule has 0 fully saturated rings. The van der Waals surface area contributed by atoms with Crippen LogP contribution in [0.4, 0.5) is 0 Å². The Bertz CT molecular complexity index is 479. The van der Waals surface area contributed by atoms with Crippen LogP contribution in [0.5, 0.6) is 0 Å². The lowest BCUT2D eigenvalue weighted by Gasteiger charge is -2.12. The molecular formula is C14H24N2O2S. The van der Waals surface area contributed by atoms with Gasteiger partial charge in [-0.05, 0) is 17.0 Å². The Morgan fingerprint density at radius 1 is 1.16 bits per heavy atom. The minimum absolute atomic E-state index is 0.129. The van der Waals surface area contributed by atoms with Crippen molar-refractivity contribution in [1.29, 1.82) is 0 Å². The molecule has 0 saturated carbocycles. The summed E-state index contributed by atoms with van der Waals surface area (Å²) in [7, 11) is 0.0113. The van der Waals surface area contributed by atoms with E-state index in [1.807, 2.05) is 0 Å². The van der Waals surface area contributed by atoms with Gasteiger partial charge in [-0.2, -0.15) is 0 Å². The highest BCUT2D eigenvalue weighted by atomic mass is 32.2. The number of sulfonamides is 1. The Balaban J connectivity index is 2.38. The van der Waals surface area contributed by atoms with E-state index in [1.165, 1.54) is 15.4 Å². The molecule has 0 radical (unpaired) electrons. The van der Waals surface area contributed by atoms with Crippen molar-refractivity contribution in [2.24, 2.45) is 0 Å². The lowest BCUT2D eigenvalue weighted by Crippen LogP contribution is -2.30.